The number of nitrogens with one attached hydrogen (secondary N) is 1. The summed E-state index contributed by atoms with van der Waals surface area (Å²) in [6.45, 7) is 2.88. The van der Waals surface area contributed by atoms with Gasteiger partial charge in [0.1, 0.15) is 5.82 Å². The molecule has 118 valence electrons. The van der Waals surface area contributed by atoms with Crippen molar-refractivity contribution in [1.29, 1.82) is 0 Å². The lowest BCUT2D eigenvalue weighted by molar-refractivity contribution is 0.0691. The molecule has 0 aromatic heterocycles. The maximum atomic E-state index is 13.6. The highest BCUT2D eigenvalue weighted by Crippen LogP contribution is 2.20. The molecule has 1 atom stereocenters. The van der Waals surface area contributed by atoms with Crippen LogP contribution in [-0.2, 0) is 10.0 Å². The molecule has 21 heavy (non-hydrogen) atoms. The first-order valence-corrected chi connectivity index (χ1v) is 7.84. The highest BCUT2D eigenvalue weighted by Gasteiger charge is 2.22. The van der Waals surface area contributed by atoms with E-state index in [9.17, 15) is 17.6 Å². The van der Waals surface area contributed by atoms with Crippen LogP contribution in [0.25, 0.3) is 0 Å². The molecular weight excluding hydrogens is 301 g/mol. The highest BCUT2D eigenvalue weighted by molar-refractivity contribution is 7.89. The number of sulfonamides is 1. The predicted octanol–water partition coefficient (Wildman–Crippen LogP) is 1.27. The molecule has 8 heteroatoms. The van der Waals surface area contributed by atoms with E-state index in [0.29, 0.717) is 12.8 Å². The Labute approximate surface area is 122 Å². The number of benzene rings is 1. The van der Waals surface area contributed by atoms with E-state index in [4.69, 9.17) is 10.2 Å². The Hall–Kier alpha value is -1.51. The van der Waals surface area contributed by atoms with Crippen molar-refractivity contribution in [3.05, 3.63) is 29.1 Å². The van der Waals surface area contributed by atoms with Crippen molar-refractivity contribution < 1.29 is 27.8 Å². The third-order valence-electron chi connectivity index (χ3n) is 2.92. The fourth-order valence-electron chi connectivity index (χ4n) is 1.84. The van der Waals surface area contributed by atoms with Crippen LogP contribution in [0, 0.1) is 12.7 Å². The van der Waals surface area contributed by atoms with Crippen LogP contribution in [0.3, 0.4) is 0 Å². The van der Waals surface area contributed by atoms with Gasteiger partial charge in [-0.15, -0.1) is 0 Å². The van der Waals surface area contributed by atoms with Crippen molar-refractivity contribution in [3.63, 3.8) is 0 Å². The Bertz CT molecular complexity index is 630. The molecule has 0 amide bonds. The van der Waals surface area contributed by atoms with Crippen molar-refractivity contribution in [3.8, 4) is 0 Å². The lowest BCUT2D eigenvalue weighted by Crippen LogP contribution is -2.33. The number of aliphatic hydroxyl groups excluding tert-OH is 1. The molecule has 1 aromatic carbocycles. The molecule has 1 rings (SSSR count). The molecule has 1 aromatic rings. The minimum atomic E-state index is -3.95. The molecule has 0 bridgehead atoms. The van der Waals surface area contributed by atoms with Gasteiger partial charge in [0.15, 0.2) is 0 Å². The number of carboxylic acid groups (broad SMARTS) is 1. The van der Waals surface area contributed by atoms with Crippen molar-refractivity contribution in [2.75, 3.05) is 6.61 Å². The topological polar surface area (TPSA) is 104 Å². The van der Waals surface area contributed by atoms with Gasteiger partial charge in [-0.25, -0.2) is 22.3 Å². The summed E-state index contributed by atoms with van der Waals surface area (Å²) < 4.78 is 40.3. The SMILES string of the molecule is Cc1cc(S(=O)(=O)NC(C)CCCO)cc(C(=O)O)c1F. The summed E-state index contributed by atoms with van der Waals surface area (Å²) >= 11 is 0. The summed E-state index contributed by atoms with van der Waals surface area (Å²) in [5, 5.41) is 17.6. The standard InChI is InChI=1S/C13H18FNO5S/c1-8-6-10(7-11(12(8)14)13(17)18)21(19,20)15-9(2)4-3-5-16/h6-7,9,15-16H,3-5H2,1-2H3,(H,17,18). The zero-order chi connectivity index (χ0) is 16.2. The van der Waals surface area contributed by atoms with Gasteiger partial charge < -0.3 is 10.2 Å². The van der Waals surface area contributed by atoms with Crippen LogP contribution >= 0.6 is 0 Å². The highest BCUT2D eigenvalue weighted by atomic mass is 32.2. The number of aromatic carboxylic acids is 1. The molecule has 0 saturated heterocycles. The van der Waals surface area contributed by atoms with Crippen LogP contribution in [-0.4, -0.2) is 37.2 Å². The lowest BCUT2D eigenvalue weighted by atomic mass is 10.1. The molecule has 0 saturated carbocycles. The summed E-state index contributed by atoms with van der Waals surface area (Å²) in [5.74, 6) is -2.48. The van der Waals surface area contributed by atoms with E-state index >= 15 is 0 Å². The third-order valence-corrected chi connectivity index (χ3v) is 4.49. The fourth-order valence-corrected chi connectivity index (χ4v) is 3.23. The summed E-state index contributed by atoms with van der Waals surface area (Å²) in [6, 6.07) is 1.45. The molecule has 6 nitrogen and oxygen atoms in total. The second-order valence-corrected chi connectivity index (χ2v) is 6.51. The summed E-state index contributed by atoms with van der Waals surface area (Å²) in [4.78, 5) is 10.6. The monoisotopic (exact) mass is 319 g/mol. The van der Waals surface area contributed by atoms with Crippen molar-refractivity contribution in [2.24, 2.45) is 0 Å². The Kier molecular flexibility index (Phi) is 5.82. The predicted molar refractivity (Wildman–Crippen MR) is 74.2 cm³/mol. The lowest BCUT2D eigenvalue weighted by Gasteiger charge is -2.14. The zero-order valence-corrected chi connectivity index (χ0v) is 12.6. The average molecular weight is 319 g/mol. The summed E-state index contributed by atoms with van der Waals surface area (Å²) in [5.41, 5.74) is -0.739. The maximum Gasteiger partial charge on any atom is 0.338 e. The number of aliphatic hydroxyl groups is 1. The summed E-state index contributed by atoms with van der Waals surface area (Å²) in [6.07, 6.45) is 0.869. The number of aryl methyl sites for hydroxylation is 1. The third kappa shape index (κ3) is 4.48. The Morgan fingerprint density at radius 1 is 1.43 bits per heavy atom. The van der Waals surface area contributed by atoms with E-state index in [1.165, 1.54) is 6.92 Å². The van der Waals surface area contributed by atoms with Crippen molar-refractivity contribution in [1.82, 2.24) is 4.72 Å². The van der Waals surface area contributed by atoms with Gasteiger partial charge in [-0.1, -0.05) is 0 Å². The minimum absolute atomic E-state index is 0.0507. The number of hydrogen-bond acceptors (Lipinski definition) is 4. The molecule has 0 aliphatic rings. The normalized spacial score (nSPS) is 13.1. The first kappa shape index (κ1) is 17.5. The molecule has 0 heterocycles. The van der Waals surface area contributed by atoms with Crippen molar-refractivity contribution in [2.45, 2.75) is 37.6 Å². The minimum Gasteiger partial charge on any atom is -0.478 e. The van der Waals surface area contributed by atoms with Gasteiger partial charge in [0.2, 0.25) is 10.0 Å². The second-order valence-electron chi connectivity index (χ2n) is 4.80. The molecular formula is C13H18FNO5S. The van der Waals surface area contributed by atoms with E-state index in [2.05, 4.69) is 4.72 Å². The number of hydrogen-bond donors (Lipinski definition) is 3. The molecule has 3 N–H and O–H groups in total. The first-order chi connectivity index (χ1) is 9.69. The van der Waals surface area contributed by atoms with E-state index in [-0.39, 0.29) is 17.1 Å². The van der Waals surface area contributed by atoms with Gasteiger partial charge in [0.25, 0.3) is 0 Å². The van der Waals surface area contributed by atoms with E-state index < -0.39 is 33.4 Å². The molecule has 0 spiro atoms. The number of halogens is 1. The molecule has 0 radical (unpaired) electrons. The fraction of sp³-hybridized carbons (Fsp3) is 0.462. The molecule has 1 unspecified atom stereocenters. The van der Waals surface area contributed by atoms with E-state index in [0.717, 1.165) is 12.1 Å². The van der Waals surface area contributed by atoms with Crippen LogP contribution < -0.4 is 4.72 Å². The molecule has 0 aliphatic heterocycles. The van der Waals surface area contributed by atoms with Gasteiger partial charge in [0.05, 0.1) is 10.5 Å². The summed E-state index contributed by atoms with van der Waals surface area (Å²) in [7, 11) is -3.95. The van der Waals surface area contributed by atoms with E-state index in [1.807, 2.05) is 0 Å². The zero-order valence-electron chi connectivity index (χ0n) is 11.8. The Morgan fingerprint density at radius 3 is 2.57 bits per heavy atom. The van der Waals surface area contributed by atoms with Gasteiger partial charge in [-0.3, -0.25) is 0 Å². The second kappa shape index (κ2) is 6.97. The van der Waals surface area contributed by atoms with Crippen LogP contribution in [0.1, 0.15) is 35.7 Å². The number of carboxylic acids is 1. The Morgan fingerprint density at radius 2 is 2.05 bits per heavy atom. The van der Waals surface area contributed by atoms with Gasteiger partial charge in [0, 0.05) is 12.6 Å². The quantitative estimate of drug-likeness (QED) is 0.702. The van der Waals surface area contributed by atoms with Crippen LogP contribution in [0.5, 0.6) is 0 Å². The smallest absolute Gasteiger partial charge is 0.338 e. The first-order valence-electron chi connectivity index (χ1n) is 6.35. The van der Waals surface area contributed by atoms with Gasteiger partial charge in [-0.05, 0) is 44.4 Å². The van der Waals surface area contributed by atoms with Gasteiger partial charge in [-0.2, -0.15) is 0 Å². The maximum absolute atomic E-state index is 13.6. The number of rotatable bonds is 7. The molecule has 0 aliphatic carbocycles. The Balaban J connectivity index is 3.12. The van der Waals surface area contributed by atoms with Gasteiger partial charge >= 0.3 is 5.97 Å². The van der Waals surface area contributed by atoms with Crippen LogP contribution in [0.4, 0.5) is 4.39 Å². The van der Waals surface area contributed by atoms with Crippen molar-refractivity contribution >= 4 is 16.0 Å². The van der Waals surface area contributed by atoms with Crippen LogP contribution in [0.2, 0.25) is 0 Å². The number of carbonyl (C=O) groups is 1. The molecule has 0 fully saturated rings. The largest absolute Gasteiger partial charge is 0.478 e. The van der Waals surface area contributed by atoms with E-state index in [1.54, 1.807) is 6.92 Å². The van der Waals surface area contributed by atoms with Crippen LogP contribution in [0.15, 0.2) is 17.0 Å². The average Bonchev–Trinajstić information content (AvgIpc) is 2.38.